The van der Waals surface area contributed by atoms with Crippen LogP contribution >= 0.6 is 31.9 Å². The summed E-state index contributed by atoms with van der Waals surface area (Å²) in [5.41, 5.74) is 0.0859. The van der Waals surface area contributed by atoms with Crippen molar-refractivity contribution in [2.45, 2.75) is 0 Å². The Balaban J connectivity index is 1.88. The second-order valence-electron chi connectivity index (χ2n) is 5.52. The molecular weight excluding hydrogens is 464 g/mol. The molecule has 0 bridgehead atoms. The van der Waals surface area contributed by atoms with Gasteiger partial charge in [-0.2, -0.15) is 0 Å². The summed E-state index contributed by atoms with van der Waals surface area (Å²) < 4.78 is 1.58. The summed E-state index contributed by atoms with van der Waals surface area (Å²) in [6, 6.07) is 12.9. The van der Waals surface area contributed by atoms with Crippen molar-refractivity contribution >= 4 is 55.0 Å². The van der Waals surface area contributed by atoms with Crippen molar-refractivity contribution in [2.24, 2.45) is 0 Å². The summed E-state index contributed by atoms with van der Waals surface area (Å²) in [6.45, 7) is 0. The van der Waals surface area contributed by atoms with E-state index in [1.165, 1.54) is 0 Å². The van der Waals surface area contributed by atoms with Crippen LogP contribution in [0.5, 0.6) is 0 Å². The van der Waals surface area contributed by atoms with E-state index in [9.17, 15) is 19.2 Å². The molecule has 0 unspecified atom stereocenters. The lowest BCUT2D eigenvalue weighted by Crippen LogP contribution is -2.23. The molecule has 1 aliphatic carbocycles. The number of ketones is 4. The maximum atomic E-state index is 12.5. The minimum absolute atomic E-state index is 0.246. The Morgan fingerprint density at radius 1 is 0.577 bits per heavy atom. The molecule has 0 radical (unpaired) electrons. The van der Waals surface area contributed by atoms with Crippen LogP contribution in [0.1, 0.15) is 20.7 Å². The van der Waals surface area contributed by atoms with Gasteiger partial charge in [0.15, 0.2) is 23.1 Å². The van der Waals surface area contributed by atoms with Gasteiger partial charge < -0.3 is 0 Å². The summed E-state index contributed by atoms with van der Waals surface area (Å²) in [5.74, 6) is -2.42. The smallest absolute Gasteiger partial charge is 0.197 e. The first-order chi connectivity index (χ1) is 12.4. The van der Waals surface area contributed by atoms with Crippen LogP contribution in [-0.2, 0) is 9.59 Å². The van der Waals surface area contributed by atoms with E-state index in [1.54, 1.807) is 48.5 Å². The van der Waals surface area contributed by atoms with Crippen molar-refractivity contribution in [1.82, 2.24) is 0 Å². The molecule has 26 heavy (non-hydrogen) atoms. The molecule has 0 spiro atoms. The van der Waals surface area contributed by atoms with Gasteiger partial charge >= 0.3 is 0 Å². The van der Waals surface area contributed by atoms with Gasteiger partial charge in [-0.15, -0.1) is 0 Å². The van der Waals surface area contributed by atoms with Crippen molar-refractivity contribution in [1.29, 1.82) is 0 Å². The topological polar surface area (TPSA) is 68.3 Å². The number of halogens is 2. The third kappa shape index (κ3) is 3.71. The van der Waals surface area contributed by atoms with Crippen LogP contribution in [0, 0.1) is 0 Å². The van der Waals surface area contributed by atoms with Crippen LogP contribution in [0.3, 0.4) is 0 Å². The lowest BCUT2D eigenvalue weighted by molar-refractivity contribution is -0.114. The highest BCUT2D eigenvalue weighted by atomic mass is 79.9. The second kappa shape index (κ2) is 7.43. The maximum Gasteiger partial charge on any atom is 0.197 e. The second-order valence-corrected chi connectivity index (χ2v) is 7.35. The van der Waals surface area contributed by atoms with Gasteiger partial charge in [-0.05, 0) is 48.5 Å². The van der Waals surface area contributed by atoms with Crippen LogP contribution in [0.25, 0.3) is 0 Å². The largest absolute Gasteiger partial charge is 0.289 e. The van der Waals surface area contributed by atoms with Crippen molar-refractivity contribution in [3.63, 3.8) is 0 Å². The van der Waals surface area contributed by atoms with Crippen molar-refractivity contribution < 1.29 is 19.2 Å². The van der Waals surface area contributed by atoms with E-state index in [0.717, 1.165) is 21.1 Å². The van der Waals surface area contributed by atoms with E-state index in [1.807, 2.05) is 0 Å². The predicted octanol–water partition coefficient (Wildman–Crippen LogP) is 4.28. The van der Waals surface area contributed by atoms with E-state index in [-0.39, 0.29) is 22.3 Å². The average Bonchev–Trinajstić information content (AvgIpc) is 2.63. The zero-order valence-corrected chi connectivity index (χ0v) is 16.3. The highest BCUT2D eigenvalue weighted by Crippen LogP contribution is 2.21. The first-order valence-electron chi connectivity index (χ1n) is 7.49. The fourth-order valence-corrected chi connectivity index (χ4v) is 2.96. The molecule has 3 rings (SSSR count). The Morgan fingerprint density at radius 3 is 1.19 bits per heavy atom. The van der Waals surface area contributed by atoms with E-state index in [4.69, 9.17) is 0 Å². The number of hydrogen-bond acceptors (Lipinski definition) is 4. The van der Waals surface area contributed by atoms with E-state index >= 15 is 0 Å². The molecule has 0 fully saturated rings. The monoisotopic (exact) mass is 472 g/mol. The van der Waals surface area contributed by atoms with Crippen molar-refractivity contribution in [3.05, 3.63) is 91.9 Å². The third-order valence-electron chi connectivity index (χ3n) is 3.78. The molecule has 0 N–H and O–H groups in total. The quantitative estimate of drug-likeness (QED) is 0.377. The van der Waals surface area contributed by atoms with E-state index < -0.39 is 23.1 Å². The fraction of sp³-hybridized carbons (Fsp3) is 0. The van der Waals surface area contributed by atoms with Crippen LogP contribution < -0.4 is 0 Å². The molecule has 6 heteroatoms. The summed E-state index contributed by atoms with van der Waals surface area (Å²) in [5, 5.41) is 0. The first kappa shape index (κ1) is 18.4. The van der Waals surface area contributed by atoms with Gasteiger partial charge in [0.25, 0.3) is 0 Å². The minimum Gasteiger partial charge on any atom is -0.289 e. The maximum absolute atomic E-state index is 12.5. The molecule has 0 saturated heterocycles. The molecule has 0 heterocycles. The summed E-state index contributed by atoms with van der Waals surface area (Å²) >= 11 is 6.53. The SMILES string of the molecule is O=C1C=C(C(=O)c2ccc(Br)cc2)C(=O)C=C1C(=O)c1ccc(Br)cc1. The fourth-order valence-electron chi connectivity index (χ4n) is 2.43. The highest BCUT2D eigenvalue weighted by molar-refractivity contribution is 9.10. The molecule has 4 nitrogen and oxygen atoms in total. The minimum atomic E-state index is -0.655. The highest BCUT2D eigenvalue weighted by Gasteiger charge is 2.29. The molecule has 1 aliphatic rings. The Bertz CT molecular complexity index is 914. The number of allylic oxidation sites excluding steroid dienone is 4. The molecule has 0 saturated carbocycles. The number of rotatable bonds is 4. The van der Waals surface area contributed by atoms with Crippen LogP contribution in [0.2, 0.25) is 0 Å². The van der Waals surface area contributed by atoms with Crippen LogP contribution in [-0.4, -0.2) is 23.1 Å². The zero-order valence-electron chi connectivity index (χ0n) is 13.2. The lowest BCUT2D eigenvalue weighted by atomic mass is 9.88. The Kier molecular flexibility index (Phi) is 5.25. The van der Waals surface area contributed by atoms with Gasteiger partial charge in [0.05, 0.1) is 11.1 Å². The third-order valence-corrected chi connectivity index (χ3v) is 4.84. The average molecular weight is 474 g/mol. The zero-order chi connectivity index (χ0) is 18.8. The molecule has 2 aromatic rings. The van der Waals surface area contributed by atoms with Gasteiger partial charge in [-0.25, -0.2) is 0 Å². The molecule has 2 aromatic carbocycles. The van der Waals surface area contributed by atoms with Crippen molar-refractivity contribution in [3.8, 4) is 0 Å². The summed E-state index contributed by atoms with van der Waals surface area (Å²) in [4.78, 5) is 49.6. The Hall–Kier alpha value is -2.44. The molecule has 0 aromatic heterocycles. The molecule has 128 valence electrons. The van der Waals surface area contributed by atoms with E-state index in [2.05, 4.69) is 31.9 Å². The van der Waals surface area contributed by atoms with Gasteiger partial charge in [-0.3, -0.25) is 19.2 Å². The number of benzene rings is 2. The number of carbonyl (C=O) groups is 4. The molecule has 0 atom stereocenters. The van der Waals surface area contributed by atoms with Gasteiger partial charge in [0.1, 0.15) is 0 Å². The Morgan fingerprint density at radius 2 is 0.885 bits per heavy atom. The van der Waals surface area contributed by atoms with Crippen LogP contribution in [0.4, 0.5) is 0 Å². The lowest BCUT2D eigenvalue weighted by Gasteiger charge is -2.11. The summed E-state index contributed by atoms with van der Waals surface area (Å²) in [6.07, 6.45) is 1.89. The van der Waals surface area contributed by atoms with Gasteiger partial charge in [0, 0.05) is 32.2 Å². The van der Waals surface area contributed by atoms with Crippen LogP contribution in [0.15, 0.2) is 80.8 Å². The van der Waals surface area contributed by atoms with E-state index in [0.29, 0.717) is 0 Å². The van der Waals surface area contributed by atoms with Crippen molar-refractivity contribution in [2.75, 3.05) is 0 Å². The number of Topliss-reactive ketones (excluding diaryl/α,β-unsaturated/α-hetero) is 2. The Labute approximate surface area is 165 Å². The summed E-state index contributed by atoms with van der Waals surface area (Å²) in [7, 11) is 0. The molecule has 0 amide bonds. The normalized spacial score (nSPS) is 13.9. The first-order valence-corrected chi connectivity index (χ1v) is 9.08. The van der Waals surface area contributed by atoms with Gasteiger partial charge in [0.2, 0.25) is 0 Å². The molecular formula is C20H10Br2O4. The number of hydrogen-bond donors (Lipinski definition) is 0. The molecule has 0 aliphatic heterocycles. The standard InChI is InChI=1S/C20H10Br2O4/c21-13-5-1-11(2-6-13)19(25)15-9-18(24)16(10-17(15)23)20(26)12-3-7-14(22)8-4-12/h1-10H. The predicted molar refractivity (Wildman–Crippen MR) is 103 cm³/mol. The van der Waals surface area contributed by atoms with Gasteiger partial charge in [-0.1, -0.05) is 31.9 Å². The number of carbonyl (C=O) groups excluding carboxylic acids is 4.